The lowest BCUT2D eigenvalue weighted by atomic mass is 10.1. The van der Waals surface area contributed by atoms with E-state index in [0.29, 0.717) is 6.04 Å². The summed E-state index contributed by atoms with van der Waals surface area (Å²) in [7, 11) is 4.20. The van der Waals surface area contributed by atoms with Crippen LogP contribution in [0.4, 0.5) is 0 Å². The van der Waals surface area contributed by atoms with Gasteiger partial charge in [-0.25, -0.2) is 4.98 Å². The molecule has 1 saturated heterocycles. The lowest BCUT2D eigenvalue weighted by Gasteiger charge is -2.21. The molecular weight excluding hydrogens is 254 g/mol. The van der Waals surface area contributed by atoms with Gasteiger partial charge in [0.1, 0.15) is 5.82 Å². The van der Waals surface area contributed by atoms with Crippen molar-refractivity contribution >= 4 is 22.8 Å². The van der Waals surface area contributed by atoms with Crippen molar-refractivity contribution in [2.75, 3.05) is 12.8 Å². The van der Waals surface area contributed by atoms with E-state index in [1.165, 1.54) is 29.9 Å². The summed E-state index contributed by atoms with van der Waals surface area (Å²) >= 11 is 2.11. The van der Waals surface area contributed by atoms with Gasteiger partial charge in [0.2, 0.25) is 0 Å². The smallest absolute Gasteiger partial charge is 0.111 e. The van der Waals surface area contributed by atoms with Crippen LogP contribution in [0.2, 0.25) is 0 Å². The maximum Gasteiger partial charge on any atom is 0.111 e. The molecule has 1 aromatic heterocycles. The summed E-state index contributed by atoms with van der Waals surface area (Å²) in [6.45, 7) is 0. The topological polar surface area (TPSA) is 29.9 Å². The van der Waals surface area contributed by atoms with Gasteiger partial charge in [-0.2, -0.15) is 11.8 Å². The van der Waals surface area contributed by atoms with Crippen molar-refractivity contribution in [3.63, 3.8) is 0 Å². The standard InChI is InChI=1S/C15H21N3S/c1-16-12(14-8-5-9-19-14)10-15-17-11-6-3-4-7-13(11)18(15)2/h3-4,6-7,12,14,16H,5,8-10H2,1-2H3. The maximum absolute atomic E-state index is 4.79. The molecule has 19 heavy (non-hydrogen) atoms. The molecule has 0 amide bonds. The van der Waals surface area contributed by atoms with Gasteiger partial charge >= 0.3 is 0 Å². The van der Waals surface area contributed by atoms with E-state index in [4.69, 9.17) is 4.98 Å². The molecular formula is C15H21N3S. The van der Waals surface area contributed by atoms with Crippen LogP contribution < -0.4 is 5.32 Å². The van der Waals surface area contributed by atoms with Crippen LogP contribution in [-0.4, -0.2) is 33.6 Å². The fourth-order valence-corrected chi connectivity index (χ4v) is 4.35. The van der Waals surface area contributed by atoms with E-state index in [9.17, 15) is 0 Å². The van der Waals surface area contributed by atoms with Crippen LogP contribution in [0.15, 0.2) is 24.3 Å². The van der Waals surface area contributed by atoms with E-state index in [-0.39, 0.29) is 0 Å². The Balaban J connectivity index is 1.85. The lowest BCUT2D eigenvalue weighted by molar-refractivity contribution is 0.508. The van der Waals surface area contributed by atoms with Crippen LogP contribution >= 0.6 is 11.8 Å². The Labute approximate surface area is 118 Å². The molecule has 2 aromatic rings. The molecule has 0 radical (unpaired) electrons. The lowest BCUT2D eigenvalue weighted by Crippen LogP contribution is -2.37. The molecule has 0 saturated carbocycles. The van der Waals surface area contributed by atoms with E-state index < -0.39 is 0 Å². The van der Waals surface area contributed by atoms with Crippen LogP contribution in [0.1, 0.15) is 18.7 Å². The third-order valence-corrected chi connectivity index (χ3v) is 5.58. The Bertz CT molecular complexity index is 558. The van der Waals surface area contributed by atoms with Crippen molar-refractivity contribution < 1.29 is 0 Å². The summed E-state index contributed by atoms with van der Waals surface area (Å²) in [4.78, 5) is 4.79. The van der Waals surface area contributed by atoms with Crippen LogP contribution in [0.5, 0.6) is 0 Å². The quantitative estimate of drug-likeness (QED) is 0.930. The molecule has 1 N–H and O–H groups in total. The van der Waals surface area contributed by atoms with Crippen LogP contribution in [0, 0.1) is 0 Å². The number of imidazole rings is 1. The zero-order chi connectivity index (χ0) is 13.2. The summed E-state index contributed by atoms with van der Waals surface area (Å²) < 4.78 is 2.24. The van der Waals surface area contributed by atoms with E-state index in [1.807, 2.05) is 0 Å². The second-order valence-electron chi connectivity index (χ2n) is 5.23. The van der Waals surface area contributed by atoms with Gasteiger partial charge in [-0.05, 0) is 37.8 Å². The number of para-hydroxylation sites is 2. The number of benzene rings is 1. The van der Waals surface area contributed by atoms with Crippen molar-refractivity contribution in [1.82, 2.24) is 14.9 Å². The average molecular weight is 275 g/mol. The number of thioether (sulfide) groups is 1. The molecule has 0 spiro atoms. The first kappa shape index (κ1) is 13.0. The van der Waals surface area contributed by atoms with E-state index in [2.05, 4.69) is 60.0 Å². The molecule has 2 atom stereocenters. The molecule has 0 bridgehead atoms. The highest BCUT2D eigenvalue weighted by Gasteiger charge is 2.26. The first-order valence-electron chi connectivity index (χ1n) is 6.99. The summed E-state index contributed by atoms with van der Waals surface area (Å²) in [6, 6.07) is 8.91. The number of nitrogens with zero attached hydrogens (tertiary/aromatic N) is 2. The van der Waals surface area contributed by atoms with Crippen molar-refractivity contribution in [2.45, 2.75) is 30.6 Å². The van der Waals surface area contributed by atoms with Gasteiger partial charge in [-0.1, -0.05) is 12.1 Å². The maximum atomic E-state index is 4.79. The Hall–Kier alpha value is -1.000. The van der Waals surface area contributed by atoms with Gasteiger partial charge in [-0.15, -0.1) is 0 Å². The number of hydrogen-bond donors (Lipinski definition) is 1. The van der Waals surface area contributed by atoms with Crippen LogP contribution in [0.25, 0.3) is 11.0 Å². The minimum absolute atomic E-state index is 0.531. The molecule has 1 aliphatic heterocycles. The number of fused-ring (bicyclic) bond motifs is 1. The number of aromatic nitrogens is 2. The Morgan fingerprint density at radius 1 is 1.47 bits per heavy atom. The largest absolute Gasteiger partial charge is 0.331 e. The normalized spacial score (nSPS) is 21.1. The molecule has 1 aliphatic rings. The summed E-state index contributed by atoms with van der Waals surface area (Å²) in [5.41, 5.74) is 2.33. The fourth-order valence-electron chi connectivity index (χ4n) is 2.91. The second kappa shape index (κ2) is 5.55. The zero-order valence-corrected chi connectivity index (χ0v) is 12.4. The minimum Gasteiger partial charge on any atom is -0.331 e. The van der Waals surface area contributed by atoms with Gasteiger partial charge in [-0.3, -0.25) is 0 Å². The molecule has 3 rings (SSSR count). The van der Waals surface area contributed by atoms with Crippen molar-refractivity contribution in [3.05, 3.63) is 30.1 Å². The summed E-state index contributed by atoms with van der Waals surface area (Å²) in [5, 5.41) is 4.23. The first-order chi connectivity index (χ1) is 9.29. The third kappa shape index (κ3) is 2.51. The molecule has 2 heterocycles. The molecule has 3 nitrogen and oxygen atoms in total. The summed E-state index contributed by atoms with van der Waals surface area (Å²) in [5.74, 6) is 2.50. The average Bonchev–Trinajstić information content (AvgIpc) is 3.06. The van der Waals surface area contributed by atoms with E-state index >= 15 is 0 Å². The Kier molecular flexibility index (Phi) is 3.80. The van der Waals surface area contributed by atoms with E-state index in [0.717, 1.165) is 17.2 Å². The van der Waals surface area contributed by atoms with Gasteiger partial charge in [0, 0.05) is 24.8 Å². The van der Waals surface area contributed by atoms with Gasteiger partial charge in [0.25, 0.3) is 0 Å². The van der Waals surface area contributed by atoms with Crippen molar-refractivity contribution in [1.29, 1.82) is 0 Å². The predicted octanol–water partition coefficient (Wildman–Crippen LogP) is 2.60. The zero-order valence-electron chi connectivity index (χ0n) is 11.6. The highest BCUT2D eigenvalue weighted by molar-refractivity contribution is 8.00. The molecule has 1 aromatic carbocycles. The fraction of sp³-hybridized carbons (Fsp3) is 0.533. The van der Waals surface area contributed by atoms with Gasteiger partial charge < -0.3 is 9.88 Å². The molecule has 2 unspecified atom stereocenters. The predicted molar refractivity (Wildman–Crippen MR) is 82.7 cm³/mol. The third-order valence-electron chi connectivity index (χ3n) is 4.07. The van der Waals surface area contributed by atoms with E-state index in [1.54, 1.807) is 0 Å². The SMILES string of the molecule is CNC(Cc1nc2ccccc2n1C)C1CCCS1. The number of likely N-dealkylation sites (N-methyl/N-ethyl adjacent to an activating group) is 1. The monoisotopic (exact) mass is 275 g/mol. The second-order valence-corrected chi connectivity index (χ2v) is 6.57. The Morgan fingerprint density at radius 3 is 3.00 bits per heavy atom. The number of nitrogens with one attached hydrogen (secondary N) is 1. The molecule has 1 fully saturated rings. The highest BCUT2D eigenvalue weighted by Crippen LogP contribution is 2.30. The molecule has 4 heteroatoms. The van der Waals surface area contributed by atoms with Crippen LogP contribution in [0.3, 0.4) is 0 Å². The van der Waals surface area contributed by atoms with Gasteiger partial charge in [0.15, 0.2) is 0 Å². The summed E-state index contributed by atoms with van der Waals surface area (Å²) in [6.07, 6.45) is 3.70. The highest BCUT2D eigenvalue weighted by atomic mass is 32.2. The van der Waals surface area contributed by atoms with Crippen molar-refractivity contribution in [2.24, 2.45) is 7.05 Å². The molecule has 0 aliphatic carbocycles. The number of rotatable bonds is 4. The number of hydrogen-bond acceptors (Lipinski definition) is 3. The van der Waals surface area contributed by atoms with Crippen LogP contribution in [-0.2, 0) is 13.5 Å². The Morgan fingerprint density at radius 2 is 2.32 bits per heavy atom. The number of aryl methyl sites for hydroxylation is 1. The molecule has 102 valence electrons. The van der Waals surface area contributed by atoms with Crippen molar-refractivity contribution in [3.8, 4) is 0 Å². The first-order valence-corrected chi connectivity index (χ1v) is 8.03. The van der Waals surface area contributed by atoms with Gasteiger partial charge in [0.05, 0.1) is 11.0 Å². The minimum atomic E-state index is 0.531.